The Morgan fingerprint density at radius 3 is 2.68 bits per heavy atom. The minimum atomic E-state index is -0.774. The van der Waals surface area contributed by atoms with Gasteiger partial charge < -0.3 is 0 Å². The highest BCUT2D eigenvalue weighted by atomic mass is 32.2. The SMILES string of the molecule is CCc1nnc(NC(=O)CSC2=NC(C3CCCC3)=NC3=[N+](C)C(=O)N(C)C(=O)C23)s1. The molecule has 1 atom stereocenters. The summed E-state index contributed by atoms with van der Waals surface area (Å²) in [4.78, 5) is 48.2. The molecule has 1 saturated carbocycles. The van der Waals surface area contributed by atoms with Crippen LogP contribution in [0.15, 0.2) is 9.98 Å². The first-order valence-electron chi connectivity index (χ1n) is 10.2. The van der Waals surface area contributed by atoms with E-state index >= 15 is 0 Å². The number of aryl methyl sites for hydroxylation is 1. The summed E-state index contributed by atoms with van der Waals surface area (Å²) in [6.45, 7) is 1.97. The van der Waals surface area contributed by atoms with Crippen molar-refractivity contribution < 1.29 is 19.0 Å². The van der Waals surface area contributed by atoms with E-state index in [-0.39, 0.29) is 23.5 Å². The van der Waals surface area contributed by atoms with Gasteiger partial charge in [-0.1, -0.05) is 47.9 Å². The standard InChI is InChI=1S/C19H23N7O3S2/c1-4-12-23-24-18(31-12)20-11(27)9-30-16-13-15(25(2)19(29)26(3)17(13)28)21-14(22-16)10-7-5-6-8-10/h10,13H,4-9H2,1-3H3/p+1. The minimum absolute atomic E-state index is 0.0657. The van der Waals surface area contributed by atoms with Crippen LogP contribution in [0.3, 0.4) is 0 Å². The van der Waals surface area contributed by atoms with Crippen molar-refractivity contribution in [3.8, 4) is 0 Å². The number of aromatic nitrogens is 2. The third-order valence-electron chi connectivity index (χ3n) is 5.54. The maximum absolute atomic E-state index is 12.9. The van der Waals surface area contributed by atoms with Crippen LogP contribution in [0.25, 0.3) is 0 Å². The quantitative estimate of drug-likeness (QED) is 0.669. The van der Waals surface area contributed by atoms with Crippen LogP contribution in [0.2, 0.25) is 0 Å². The highest BCUT2D eigenvalue weighted by molar-refractivity contribution is 8.14. The van der Waals surface area contributed by atoms with E-state index in [1.165, 1.54) is 34.7 Å². The van der Waals surface area contributed by atoms with Gasteiger partial charge in [-0.2, -0.15) is 9.48 Å². The van der Waals surface area contributed by atoms with Gasteiger partial charge in [-0.3, -0.25) is 14.9 Å². The molecule has 3 heterocycles. The van der Waals surface area contributed by atoms with Crippen LogP contribution in [0, 0.1) is 11.8 Å². The number of rotatable bonds is 5. The molecule has 10 nitrogen and oxygen atoms in total. The van der Waals surface area contributed by atoms with Gasteiger partial charge in [0.1, 0.15) is 10.1 Å². The molecular weight excluding hydrogens is 438 g/mol. The summed E-state index contributed by atoms with van der Waals surface area (Å²) in [5.74, 6) is -0.0791. The summed E-state index contributed by atoms with van der Waals surface area (Å²) < 4.78 is 1.41. The normalized spacial score (nSPS) is 21.9. The monoisotopic (exact) mass is 462 g/mol. The van der Waals surface area contributed by atoms with Gasteiger partial charge in [0, 0.05) is 5.92 Å². The maximum Gasteiger partial charge on any atom is 0.445 e. The lowest BCUT2D eigenvalue weighted by Crippen LogP contribution is -2.55. The summed E-state index contributed by atoms with van der Waals surface area (Å²) in [5, 5.41) is 12.5. The third kappa shape index (κ3) is 4.31. The third-order valence-corrected chi connectivity index (χ3v) is 7.55. The zero-order valence-corrected chi connectivity index (χ0v) is 19.3. The fraction of sp³-hybridized carbons (Fsp3) is 0.579. The van der Waals surface area contributed by atoms with E-state index in [0.717, 1.165) is 42.0 Å². The molecule has 1 aliphatic carbocycles. The van der Waals surface area contributed by atoms with Crippen molar-refractivity contribution in [1.82, 2.24) is 15.1 Å². The van der Waals surface area contributed by atoms with E-state index in [9.17, 15) is 14.4 Å². The molecule has 12 heteroatoms. The number of carbonyl (C=O) groups is 3. The number of imide groups is 1. The van der Waals surface area contributed by atoms with Crippen LogP contribution >= 0.6 is 23.1 Å². The molecule has 164 valence electrons. The fourth-order valence-corrected chi connectivity index (χ4v) is 5.39. The number of nitrogens with one attached hydrogen (secondary N) is 1. The van der Waals surface area contributed by atoms with Crippen molar-refractivity contribution in [2.75, 3.05) is 25.2 Å². The van der Waals surface area contributed by atoms with E-state index < -0.39 is 11.9 Å². The summed E-state index contributed by atoms with van der Waals surface area (Å²) in [6, 6.07) is -0.419. The number of hydrogen-bond donors (Lipinski definition) is 1. The molecule has 4 amide bonds. The largest absolute Gasteiger partial charge is 0.445 e. The second-order valence-electron chi connectivity index (χ2n) is 7.62. The Hall–Kier alpha value is -2.47. The highest BCUT2D eigenvalue weighted by Crippen LogP contribution is 2.32. The Morgan fingerprint density at radius 2 is 2.00 bits per heavy atom. The molecule has 2 aliphatic heterocycles. The Balaban J connectivity index is 1.56. The first kappa shape index (κ1) is 21.8. The lowest BCUT2D eigenvalue weighted by Gasteiger charge is -2.27. The number of carbonyl (C=O) groups excluding carboxylic acids is 3. The Labute approximate surface area is 187 Å². The molecule has 0 aromatic carbocycles. The van der Waals surface area contributed by atoms with Gasteiger partial charge in [0.05, 0.1) is 19.8 Å². The van der Waals surface area contributed by atoms with Crippen molar-refractivity contribution in [2.45, 2.75) is 39.0 Å². The van der Waals surface area contributed by atoms with Gasteiger partial charge in [0.25, 0.3) is 5.84 Å². The van der Waals surface area contributed by atoms with Crippen LogP contribution in [-0.2, 0) is 16.0 Å². The van der Waals surface area contributed by atoms with Crippen molar-refractivity contribution >= 4 is 62.8 Å². The van der Waals surface area contributed by atoms with Crippen molar-refractivity contribution in [2.24, 2.45) is 21.8 Å². The minimum Gasteiger partial charge on any atom is -0.300 e. The smallest absolute Gasteiger partial charge is 0.300 e. The molecule has 1 N–H and O–H groups in total. The summed E-state index contributed by atoms with van der Waals surface area (Å²) in [7, 11) is 3.06. The zero-order chi connectivity index (χ0) is 22.1. The lowest BCUT2D eigenvalue weighted by molar-refractivity contribution is -0.407. The number of urea groups is 1. The fourth-order valence-electron chi connectivity index (χ4n) is 3.81. The van der Waals surface area contributed by atoms with E-state index in [2.05, 4.69) is 20.5 Å². The van der Waals surface area contributed by atoms with E-state index in [4.69, 9.17) is 4.99 Å². The van der Waals surface area contributed by atoms with E-state index in [0.29, 0.717) is 21.8 Å². The van der Waals surface area contributed by atoms with Gasteiger partial charge in [-0.15, -0.1) is 10.2 Å². The van der Waals surface area contributed by atoms with Gasteiger partial charge in [0.15, 0.2) is 5.92 Å². The average molecular weight is 463 g/mol. The molecule has 0 bridgehead atoms. The van der Waals surface area contributed by atoms with Gasteiger partial charge in [0.2, 0.25) is 16.9 Å². The predicted octanol–water partition coefficient (Wildman–Crippen LogP) is 2.02. The Morgan fingerprint density at radius 1 is 1.26 bits per heavy atom. The Bertz CT molecular complexity index is 1020. The van der Waals surface area contributed by atoms with Crippen molar-refractivity contribution in [3.63, 3.8) is 0 Å². The number of thioether (sulfide) groups is 1. The molecule has 31 heavy (non-hydrogen) atoms. The summed E-state index contributed by atoms with van der Waals surface area (Å²) >= 11 is 2.54. The van der Waals surface area contributed by atoms with Crippen LogP contribution < -0.4 is 5.32 Å². The number of aliphatic imine (C=N–C) groups is 2. The predicted molar refractivity (Wildman–Crippen MR) is 120 cm³/mol. The first-order chi connectivity index (χ1) is 14.9. The zero-order valence-electron chi connectivity index (χ0n) is 17.6. The molecule has 1 unspecified atom stereocenters. The first-order valence-corrected chi connectivity index (χ1v) is 12.0. The van der Waals surface area contributed by atoms with Crippen molar-refractivity contribution in [3.05, 3.63) is 5.01 Å². The number of fused-ring (bicyclic) bond motifs is 1. The van der Waals surface area contributed by atoms with Gasteiger partial charge in [-0.25, -0.2) is 9.79 Å². The number of anilines is 1. The van der Waals surface area contributed by atoms with Crippen LogP contribution in [0.1, 0.15) is 37.6 Å². The molecule has 1 aromatic rings. The number of amides is 4. The molecular formula is C19H24N7O3S2+. The average Bonchev–Trinajstić information content (AvgIpc) is 3.46. The van der Waals surface area contributed by atoms with Crippen molar-refractivity contribution in [1.29, 1.82) is 0 Å². The van der Waals surface area contributed by atoms with Gasteiger partial charge in [-0.05, 0) is 19.3 Å². The van der Waals surface area contributed by atoms with E-state index in [1.54, 1.807) is 7.05 Å². The van der Waals surface area contributed by atoms with Crippen LogP contribution in [0.5, 0.6) is 0 Å². The molecule has 4 rings (SSSR count). The van der Waals surface area contributed by atoms with Crippen LogP contribution in [-0.4, -0.2) is 74.1 Å². The Kier molecular flexibility index (Phi) is 6.28. The molecule has 0 radical (unpaired) electrons. The van der Waals surface area contributed by atoms with Crippen LogP contribution in [0.4, 0.5) is 9.93 Å². The lowest BCUT2D eigenvalue weighted by atomic mass is 10.0. The maximum atomic E-state index is 12.9. The second-order valence-corrected chi connectivity index (χ2v) is 9.68. The topological polar surface area (TPSA) is 120 Å². The van der Waals surface area contributed by atoms with E-state index in [1.807, 2.05) is 6.92 Å². The molecule has 3 aliphatic rings. The summed E-state index contributed by atoms with van der Waals surface area (Å²) in [5.41, 5.74) is 0. The number of nitrogens with zero attached hydrogens (tertiary/aromatic N) is 6. The van der Waals surface area contributed by atoms with Gasteiger partial charge >= 0.3 is 11.9 Å². The highest BCUT2D eigenvalue weighted by Gasteiger charge is 2.49. The number of hydrogen-bond acceptors (Lipinski definition) is 9. The number of amidine groups is 2. The second kappa shape index (κ2) is 8.95. The summed E-state index contributed by atoms with van der Waals surface area (Å²) in [6.07, 6.45) is 4.95. The molecule has 1 aromatic heterocycles. The molecule has 1 fully saturated rings. The molecule has 0 spiro atoms. The molecule has 0 saturated heterocycles.